The van der Waals surface area contributed by atoms with Gasteiger partial charge < -0.3 is 4.74 Å². The lowest BCUT2D eigenvalue weighted by Gasteiger charge is -2.21. The average Bonchev–Trinajstić information content (AvgIpc) is 2.88. The van der Waals surface area contributed by atoms with Crippen molar-refractivity contribution in [3.8, 4) is 5.75 Å². The molecule has 1 unspecified atom stereocenters. The fourth-order valence-corrected chi connectivity index (χ4v) is 4.09. The number of fused-ring (bicyclic) bond motifs is 2. The summed E-state index contributed by atoms with van der Waals surface area (Å²) in [5.41, 5.74) is 0.661. The summed E-state index contributed by atoms with van der Waals surface area (Å²) in [6.07, 6.45) is 5.40. The minimum absolute atomic E-state index is 0.0721. The molecule has 1 atom stereocenters. The van der Waals surface area contributed by atoms with Crippen molar-refractivity contribution in [1.82, 2.24) is 9.36 Å². The number of rotatable bonds is 1. The van der Waals surface area contributed by atoms with Crippen LogP contribution in [0.15, 0.2) is 21.9 Å². The summed E-state index contributed by atoms with van der Waals surface area (Å²) in [6.45, 7) is 3.26. The van der Waals surface area contributed by atoms with Gasteiger partial charge in [0.2, 0.25) is 4.80 Å². The third-order valence-corrected chi connectivity index (χ3v) is 5.28. The third-order valence-electron chi connectivity index (χ3n) is 4.13. The summed E-state index contributed by atoms with van der Waals surface area (Å²) in [4.78, 5) is 17.0. The van der Waals surface area contributed by atoms with Crippen molar-refractivity contribution in [3.05, 3.63) is 43.0 Å². The third kappa shape index (κ3) is 2.52. The average molecular weight is 368 g/mol. The van der Waals surface area contributed by atoms with Crippen molar-refractivity contribution in [2.75, 3.05) is 0 Å². The van der Waals surface area contributed by atoms with Gasteiger partial charge in [0.15, 0.2) is 5.82 Å². The van der Waals surface area contributed by atoms with E-state index in [1.54, 1.807) is 10.8 Å². The van der Waals surface area contributed by atoms with E-state index < -0.39 is 5.82 Å². The predicted octanol–water partition coefficient (Wildman–Crippen LogP) is 3.32. The molecule has 3 heterocycles. The Hall–Kier alpha value is -1.86. The minimum atomic E-state index is -0.530. The molecule has 0 fully saturated rings. The summed E-state index contributed by atoms with van der Waals surface area (Å²) in [6, 6.07) is 1.21. The van der Waals surface area contributed by atoms with Gasteiger partial charge in [0.25, 0.3) is 0 Å². The number of nitrogens with zero attached hydrogens (tertiary/aromatic N) is 3. The standard InChI is InChI=1S/C16H15ClFN3O2S/c1-9-4-5-10-13(12(18)8-11(17)14(10)23-9)19-15-20-6-2-3-7-21(20)16(22)24-15/h4-5,8-9H,2-3,6-7H2,1H3. The maximum absolute atomic E-state index is 14.5. The first-order valence-corrected chi connectivity index (χ1v) is 8.96. The van der Waals surface area contributed by atoms with Crippen LogP contribution in [0.5, 0.6) is 5.75 Å². The van der Waals surface area contributed by atoms with Crippen molar-refractivity contribution in [1.29, 1.82) is 0 Å². The highest BCUT2D eigenvalue weighted by Crippen LogP contribution is 2.41. The minimum Gasteiger partial charge on any atom is -0.484 e. The number of benzene rings is 1. The SMILES string of the molecule is CC1C=Cc2c(N=c3sc(=O)n4n3CCCC4)c(F)cc(Cl)c2O1. The molecule has 0 aliphatic carbocycles. The maximum Gasteiger partial charge on any atom is 0.325 e. The summed E-state index contributed by atoms with van der Waals surface area (Å²) in [7, 11) is 0. The van der Waals surface area contributed by atoms with Gasteiger partial charge in [0.05, 0.1) is 5.02 Å². The number of halogens is 2. The quantitative estimate of drug-likeness (QED) is 0.776. The molecular formula is C16H15ClFN3O2S. The molecule has 2 aromatic rings. The smallest absolute Gasteiger partial charge is 0.325 e. The molecule has 2 aliphatic rings. The molecule has 0 amide bonds. The molecule has 1 aromatic heterocycles. The predicted molar refractivity (Wildman–Crippen MR) is 91.6 cm³/mol. The topological polar surface area (TPSA) is 48.5 Å². The first-order valence-electron chi connectivity index (χ1n) is 7.77. The summed E-state index contributed by atoms with van der Waals surface area (Å²) in [5.74, 6) is -0.102. The second-order valence-corrected chi connectivity index (χ2v) is 7.16. The first kappa shape index (κ1) is 15.7. The number of ether oxygens (including phenoxy) is 1. The normalized spacial score (nSPS) is 19.8. The van der Waals surface area contributed by atoms with Gasteiger partial charge in [0.1, 0.15) is 17.5 Å². The van der Waals surface area contributed by atoms with E-state index in [9.17, 15) is 9.18 Å². The van der Waals surface area contributed by atoms with Crippen LogP contribution in [0.1, 0.15) is 25.3 Å². The fraction of sp³-hybridized carbons (Fsp3) is 0.375. The van der Waals surface area contributed by atoms with Crippen LogP contribution in [0.25, 0.3) is 6.08 Å². The molecule has 0 radical (unpaired) electrons. The van der Waals surface area contributed by atoms with Crippen molar-refractivity contribution in [2.45, 2.75) is 39.0 Å². The molecule has 4 rings (SSSR count). The van der Waals surface area contributed by atoms with Crippen LogP contribution in [0.4, 0.5) is 10.1 Å². The molecule has 24 heavy (non-hydrogen) atoms. The summed E-state index contributed by atoms with van der Waals surface area (Å²) < 4.78 is 23.7. The highest BCUT2D eigenvalue weighted by molar-refractivity contribution is 7.06. The lowest BCUT2D eigenvalue weighted by atomic mass is 10.1. The van der Waals surface area contributed by atoms with Crippen molar-refractivity contribution in [3.63, 3.8) is 0 Å². The monoisotopic (exact) mass is 367 g/mol. The largest absolute Gasteiger partial charge is 0.484 e. The molecule has 0 N–H and O–H groups in total. The van der Waals surface area contributed by atoms with E-state index in [4.69, 9.17) is 16.3 Å². The molecule has 0 saturated carbocycles. The van der Waals surface area contributed by atoms with E-state index in [1.165, 1.54) is 6.07 Å². The van der Waals surface area contributed by atoms with Gasteiger partial charge in [-0.2, -0.15) is 0 Å². The van der Waals surface area contributed by atoms with Crippen LogP contribution < -0.4 is 14.4 Å². The Morgan fingerprint density at radius 2 is 2.12 bits per heavy atom. The van der Waals surface area contributed by atoms with Gasteiger partial charge in [0, 0.05) is 18.7 Å². The van der Waals surface area contributed by atoms with Crippen LogP contribution in [0.2, 0.25) is 5.02 Å². The zero-order valence-electron chi connectivity index (χ0n) is 13.0. The number of aromatic nitrogens is 2. The lowest BCUT2D eigenvalue weighted by molar-refractivity contribution is 0.266. The molecule has 126 valence electrons. The van der Waals surface area contributed by atoms with E-state index in [2.05, 4.69) is 4.99 Å². The van der Waals surface area contributed by atoms with Gasteiger partial charge >= 0.3 is 4.87 Å². The Kier molecular flexibility index (Phi) is 3.85. The Balaban J connectivity index is 1.96. The van der Waals surface area contributed by atoms with E-state index in [-0.39, 0.29) is 21.7 Å². The molecule has 0 saturated heterocycles. The number of hydrogen-bond donors (Lipinski definition) is 0. The van der Waals surface area contributed by atoms with Crippen molar-refractivity contribution >= 4 is 34.7 Å². The summed E-state index contributed by atoms with van der Waals surface area (Å²) in [5, 5.41) is 0.220. The van der Waals surface area contributed by atoms with Gasteiger partial charge in [-0.3, -0.25) is 9.48 Å². The van der Waals surface area contributed by atoms with Gasteiger partial charge in [-0.1, -0.05) is 11.6 Å². The highest BCUT2D eigenvalue weighted by Gasteiger charge is 2.22. The van der Waals surface area contributed by atoms with E-state index in [0.717, 1.165) is 24.2 Å². The van der Waals surface area contributed by atoms with Crippen LogP contribution in [0.3, 0.4) is 0 Å². The zero-order valence-corrected chi connectivity index (χ0v) is 14.5. The Bertz CT molecular complexity index is 973. The molecule has 0 bridgehead atoms. The number of hydrogen-bond acceptors (Lipinski definition) is 4. The Morgan fingerprint density at radius 3 is 2.92 bits per heavy atom. The van der Waals surface area contributed by atoms with Crippen LogP contribution in [0, 0.1) is 5.82 Å². The fourth-order valence-electron chi connectivity index (χ4n) is 2.97. The lowest BCUT2D eigenvalue weighted by Crippen LogP contribution is -2.31. The van der Waals surface area contributed by atoms with Crippen LogP contribution in [-0.4, -0.2) is 15.5 Å². The molecule has 1 aromatic carbocycles. The van der Waals surface area contributed by atoms with Gasteiger partial charge in [-0.25, -0.2) is 14.1 Å². The zero-order chi connectivity index (χ0) is 16.8. The first-order chi connectivity index (χ1) is 11.5. The second kappa shape index (κ2) is 5.89. The second-order valence-electron chi connectivity index (χ2n) is 5.83. The molecule has 0 spiro atoms. The Morgan fingerprint density at radius 1 is 1.38 bits per heavy atom. The molecule has 8 heteroatoms. The summed E-state index contributed by atoms with van der Waals surface area (Å²) >= 11 is 7.14. The maximum atomic E-state index is 14.5. The van der Waals surface area contributed by atoms with Crippen molar-refractivity contribution in [2.24, 2.45) is 4.99 Å². The van der Waals surface area contributed by atoms with Crippen LogP contribution >= 0.6 is 22.9 Å². The van der Waals surface area contributed by atoms with Crippen LogP contribution in [-0.2, 0) is 13.1 Å². The molecular weight excluding hydrogens is 353 g/mol. The van der Waals surface area contributed by atoms with Gasteiger partial charge in [-0.15, -0.1) is 0 Å². The molecule has 2 aliphatic heterocycles. The Labute approximate surface area is 146 Å². The van der Waals surface area contributed by atoms with Gasteiger partial charge in [-0.05, 0) is 49.3 Å². The molecule has 5 nitrogen and oxygen atoms in total. The van der Waals surface area contributed by atoms with Crippen molar-refractivity contribution < 1.29 is 9.13 Å². The van der Waals surface area contributed by atoms with E-state index in [0.29, 0.717) is 29.2 Å². The van der Waals surface area contributed by atoms with E-state index >= 15 is 0 Å². The van der Waals surface area contributed by atoms with E-state index in [1.807, 2.05) is 17.7 Å². The highest BCUT2D eigenvalue weighted by atomic mass is 35.5.